The highest BCUT2D eigenvalue weighted by atomic mass is 31.0. The molecule has 0 aliphatic heterocycles. The molecule has 0 amide bonds. The Balaban J connectivity index is 2.91. The maximum absolute atomic E-state index is 3.04. The summed E-state index contributed by atoms with van der Waals surface area (Å²) in [4.78, 5) is 0. The van der Waals surface area contributed by atoms with Crippen LogP contribution >= 0.6 is 9.24 Å². The van der Waals surface area contributed by atoms with Crippen molar-refractivity contribution in [1.29, 1.82) is 0 Å². The Morgan fingerprint density at radius 2 is 1.56 bits per heavy atom. The summed E-state index contributed by atoms with van der Waals surface area (Å²) in [5.41, 5.74) is 2.32. The Bertz CT molecular complexity index is 298. The second-order valence-corrected chi connectivity index (χ2v) is 5.89. The summed E-state index contributed by atoms with van der Waals surface area (Å²) >= 11 is 0. The summed E-state index contributed by atoms with van der Waals surface area (Å²) < 4.78 is 0. The maximum Gasteiger partial charge on any atom is 0.00390 e. The molecule has 16 heavy (non-hydrogen) atoms. The summed E-state index contributed by atoms with van der Waals surface area (Å²) in [6.07, 6.45) is 2.53. The third kappa shape index (κ3) is 2.86. The summed E-state index contributed by atoms with van der Waals surface area (Å²) in [7, 11) is 3.04. The molecule has 1 heteroatoms. The van der Waals surface area contributed by atoms with Gasteiger partial charge in [0.25, 0.3) is 0 Å². The van der Waals surface area contributed by atoms with Crippen LogP contribution < -0.4 is 0 Å². The van der Waals surface area contributed by atoms with Crippen molar-refractivity contribution < 1.29 is 0 Å². The molecule has 1 rings (SSSR count). The molecule has 0 spiro atoms. The summed E-state index contributed by atoms with van der Waals surface area (Å²) in [6, 6.07) is 10.8. The van der Waals surface area contributed by atoms with Gasteiger partial charge in [0.15, 0.2) is 0 Å². The van der Waals surface area contributed by atoms with Crippen LogP contribution in [0, 0.1) is 11.3 Å². The van der Waals surface area contributed by atoms with E-state index in [0.717, 1.165) is 5.92 Å². The van der Waals surface area contributed by atoms with E-state index in [9.17, 15) is 0 Å². The number of hydrogen-bond acceptors (Lipinski definition) is 0. The van der Waals surface area contributed by atoms with E-state index in [1.165, 1.54) is 18.4 Å². The van der Waals surface area contributed by atoms with Crippen LogP contribution in [-0.2, 0) is 0 Å². The van der Waals surface area contributed by atoms with Gasteiger partial charge in [0.05, 0.1) is 0 Å². The highest BCUT2D eigenvalue weighted by Gasteiger charge is 2.33. The molecular formula is C15H25P. The van der Waals surface area contributed by atoms with Crippen molar-refractivity contribution in [2.45, 2.75) is 46.2 Å². The van der Waals surface area contributed by atoms with E-state index >= 15 is 0 Å². The molecule has 0 saturated heterocycles. The van der Waals surface area contributed by atoms with Gasteiger partial charge >= 0.3 is 0 Å². The van der Waals surface area contributed by atoms with Crippen LogP contribution in [0.15, 0.2) is 30.3 Å². The predicted octanol–water partition coefficient (Wildman–Crippen LogP) is 5.07. The SMILES string of the molecule is CCC(CC)C(C)(C)C(P)c1ccccc1. The summed E-state index contributed by atoms with van der Waals surface area (Å²) in [5.74, 6) is 0.787. The second-order valence-electron chi connectivity index (χ2n) is 5.22. The molecule has 1 aromatic carbocycles. The van der Waals surface area contributed by atoms with Crippen LogP contribution in [0.2, 0.25) is 0 Å². The largest absolute Gasteiger partial charge is 0.129 e. The van der Waals surface area contributed by atoms with Crippen LogP contribution in [0.3, 0.4) is 0 Å². The van der Waals surface area contributed by atoms with Gasteiger partial charge in [0.1, 0.15) is 0 Å². The van der Waals surface area contributed by atoms with E-state index in [1.807, 2.05) is 0 Å². The Hall–Kier alpha value is -0.350. The molecule has 0 saturated carbocycles. The lowest BCUT2D eigenvalue weighted by atomic mass is 9.71. The average Bonchev–Trinajstić information content (AvgIpc) is 2.30. The zero-order valence-electron chi connectivity index (χ0n) is 11.0. The van der Waals surface area contributed by atoms with E-state index in [2.05, 4.69) is 67.3 Å². The molecule has 0 bridgehead atoms. The van der Waals surface area contributed by atoms with Gasteiger partial charge in [-0.2, -0.15) is 0 Å². The van der Waals surface area contributed by atoms with E-state index in [4.69, 9.17) is 0 Å². The van der Waals surface area contributed by atoms with Crippen LogP contribution in [0.25, 0.3) is 0 Å². The first-order valence-corrected chi connectivity index (χ1v) is 7.01. The Labute approximate surface area is 103 Å². The lowest BCUT2D eigenvalue weighted by Gasteiger charge is -2.39. The van der Waals surface area contributed by atoms with Crippen LogP contribution in [-0.4, -0.2) is 0 Å². The fraction of sp³-hybridized carbons (Fsp3) is 0.600. The van der Waals surface area contributed by atoms with Gasteiger partial charge in [-0.3, -0.25) is 0 Å². The van der Waals surface area contributed by atoms with Gasteiger partial charge in [-0.25, -0.2) is 0 Å². The zero-order chi connectivity index (χ0) is 12.2. The smallest absolute Gasteiger partial charge is 0.00390 e. The fourth-order valence-electron chi connectivity index (χ4n) is 2.68. The molecule has 0 nitrogen and oxygen atoms in total. The average molecular weight is 236 g/mol. The van der Waals surface area contributed by atoms with E-state index in [-0.39, 0.29) is 0 Å². The summed E-state index contributed by atoms with van der Waals surface area (Å²) in [6.45, 7) is 9.40. The lowest BCUT2D eigenvalue weighted by Crippen LogP contribution is -2.27. The molecule has 0 aromatic heterocycles. The van der Waals surface area contributed by atoms with E-state index < -0.39 is 0 Å². The van der Waals surface area contributed by atoms with Crippen molar-refractivity contribution in [2.24, 2.45) is 11.3 Å². The third-order valence-electron chi connectivity index (χ3n) is 4.00. The van der Waals surface area contributed by atoms with Gasteiger partial charge in [0.2, 0.25) is 0 Å². The molecule has 0 aliphatic rings. The standard InChI is InChI=1S/C15H25P/c1-5-13(6-2)15(3,4)14(16)12-10-8-7-9-11-12/h7-11,13-14H,5-6,16H2,1-4H3. The van der Waals surface area contributed by atoms with Gasteiger partial charge < -0.3 is 0 Å². The minimum atomic E-state index is 0.343. The quantitative estimate of drug-likeness (QED) is 0.626. The Morgan fingerprint density at radius 1 is 1.06 bits per heavy atom. The summed E-state index contributed by atoms with van der Waals surface area (Å²) in [5, 5.41) is 0. The zero-order valence-corrected chi connectivity index (χ0v) is 12.2. The molecule has 0 radical (unpaired) electrons. The van der Waals surface area contributed by atoms with Crippen molar-refractivity contribution in [3.05, 3.63) is 35.9 Å². The normalized spacial score (nSPS) is 14.1. The monoisotopic (exact) mass is 236 g/mol. The molecule has 0 aliphatic carbocycles. The number of hydrogen-bond donors (Lipinski definition) is 0. The highest BCUT2D eigenvalue weighted by molar-refractivity contribution is 7.17. The first-order valence-electron chi connectivity index (χ1n) is 6.34. The second kappa shape index (κ2) is 5.82. The first kappa shape index (κ1) is 13.7. The predicted molar refractivity (Wildman–Crippen MR) is 76.7 cm³/mol. The van der Waals surface area contributed by atoms with Crippen molar-refractivity contribution in [1.82, 2.24) is 0 Å². The van der Waals surface area contributed by atoms with Crippen molar-refractivity contribution in [3.8, 4) is 0 Å². The third-order valence-corrected chi connectivity index (χ3v) is 5.24. The fourth-order valence-corrected chi connectivity index (χ4v) is 3.18. The van der Waals surface area contributed by atoms with Crippen LogP contribution in [0.1, 0.15) is 51.8 Å². The molecule has 2 unspecified atom stereocenters. The van der Waals surface area contributed by atoms with Crippen LogP contribution in [0.5, 0.6) is 0 Å². The minimum absolute atomic E-state index is 0.343. The van der Waals surface area contributed by atoms with Gasteiger partial charge in [-0.1, -0.05) is 70.9 Å². The molecule has 0 N–H and O–H groups in total. The van der Waals surface area contributed by atoms with Gasteiger partial charge in [-0.05, 0) is 16.9 Å². The molecule has 0 heterocycles. The Kier molecular flexibility index (Phi) is 4.99. The van der Waals surface area contributed by atoms with Crippen molar-refractivity contribution in [2.75, 3.05) is 0 Å². The number of rotatable bonds is 5. The van der Waals surface area contributed by atoms with E-state index in [1.54, 1.807) is 0 Å². The van der Waals surface area contributed by atoms with Gasteiger partial charge in [-0.15, -0.1) is 9.24 Å². The maximum atomic E-state index is 3.04. The lowest BCUT2D eigenvalue weighted by molar-refractivity contribution is 0.192. The number of benzene rings is 1. The first-order chi connectivity index (χ1) is 7.54. The van der Waals surface area contributed by atoms with Crippen molar-refractivity contribution in [3.63, 3.8) is 0 Å². The molecular weight excluding hydrogens is 211 g/mol. The molecule has 2 atom stereocenters. The molecule has 1 aromatic rings. The topological polar surface area (TPSA) is 0 Å². The Morgan fingerprint density at radius 3 is 2.00 bits per heavy atom. The van der Waals surface area contributed by atoms with Gasteiger partial charge in [0, 0.05) is 5.66 Å². The molecule has 90 valence electrons. The minimum Gasteiger partial charge on any atom is -0.129 e. The van der Waals surface area contributed by atoms with Crippen LogP contribution in [0.4, 0.5) is 0 Å². The highest BCUT2D eigenvalue weighted by Crippen LogP contribution is 2.47. The van der Waals surface area contributed by atoms with Crippen molar-refractivity contribution >= 4 is 9.24 Å². The molecule has 0 fully saturated rings. The van der Waals surface area contributed by atoms with E-state index in [0.29, 0.717) is 11.1 Å².